The molecule has 0 atom stereocenters. The van der Waals surface area contributed by atoms with Crippen molar-refractivity contribution < 1.29 is 9.47 Å². The van der Waals surface area contributed by atoms with E-state index < -0.39 is 0 Å². The summed E-state index contributed by atoms with van der Waals surface area (Å²) in [4.78, 5) is 11.1. The Hall–Kier alpha value is -2.05. The summed E-state index contributed by atoms with van der Waals surface area (Å²) in [5, 5.41) is 3.68. The highest BCUT2D eigenvalue weighted by molar-refractivity contribution is 6.31. The fourth-order valence-electron chi connectivity index (χ4n) is 3.77. The second-order valence-electron chi connectivity index (χ2n) is 7.43. The second kappa shape index (κ2) is 9.43. The lowest BCUT2D eigenvalue weighted by atomic mass is 9.90. The van der Waals surface area contributed by atoms with Gasteiger partial charge in [-0.25, -0.2) is 4.98 Å². The summed E-state index contributed by atoms with van der Waals surface area (Å²) >= 11 is 6.23. The first kappa shape index (κ1) is 19.3. The molecule has 0 unspecified atom stereocenters. The van der Waals surface area contributed by atoms with Crippen LogP contribution in [0.1, 0.15) is 32.1 Å². The van der Waals surface area contributed by atoms with Gasteiger partial charge in [-0.3, -0.25) is 0 Å². The van der Waals surface area contributed by atoms with Crippen molar-refractivity contribution in [2.24, 2.45) is 5.92 Å². The largest absolute Gasteiger partial charge is 0.476 e. The lowest BCUT2D eigenvalue weighted by Gasteiger charge is -2.28. The smallest absolute Gasteiger partial charge is 0.237 e. The van der Waals surface area contributed by atoms with Crippen molar-refractivity contribution in [1.82, 2.24) is 9.97 Å². The minimum Gasteiger partial charge on any atom is -0.476 e. The molecule has 1 aromatic carbocycles. The molecular formula is C21H27ClN4O2. The van der Waals surface area contributed by atoms with Gasteiger partial charge in [0.15, 0.2) is 0 Å². The number of benzene rings is 1. The topological polar surface area (TPSA) is 59.5 Å². The van der Waals surface area contributed by atoms with E-state index in [1.165, 1.54) is 37.8 Å². The highest BCUT2D eigenvalue weighted by Gasteiger charge is 2.16. The highest BCUT2D eigenvalue weighted by atomic mass is 35.5. The number of ether oxygens (including phenoxy) is 2. The predicted octanol–water partition coefficient (Wildman–Crippen LogP) is 4.67. The Morgan fingerprint density at radius 2 is 1.86 bits per heavy atom. The number of anilines is 3. The third-order valence-electron chi connectivity index (χ3n) is 5.39. The SMILES string of the molecule is Clc1cnc(Nc2ccc(N3CCOCC3)cc2)nc1OCC1CCCCC1. The summed E-state index contributed by atoms with van der Waals surface area (Å²) in [6, 6.07) is 8.27. The molecule has 4 rings (SSSR count). The maximum absolute atomic E-state index is 6.23. The zero-order valence-electron chi connectivity index (χ0n) is 16.1. The molecule has 1 aliphatic heterocycles. The number of nitrogens with zero attached hydrogens (tertiary/aromatic N) is 3. The molecule has 1 aromatic heterocycles. The molecule has 0 bridgehead atoms. The lowest BCUT2D eigenvalue weighted by molar-refractivity contribution is 0.122. The average Bonchev–Trinajstić information content (AvgIpc) is 2.76. The van der Waals surface area contributed by atoms with E-state index in [-0.39, 0.29) is 0 Å². The molecule has 6 nitrogen and oxygen atoms in total. The normalized spacial score (nSPS) is 18.1. The third-order valence-corrected chi connectivity index (χ3v) is 5.65. The minimum atomic E-state index is 0.448. The van der Waals surface area contributed by atoms with Gasteiger partial charge in [0, 0.05) is 24.5 Å². The van der Waals surface area contributed by atoms with Crippen LogP contribution in [-0.2, 0) is 4.74 Å². The first-order valence-electron chi connectivity index (χ1n) is 10.1. The minimum absolute atomic E-state index is 0.448. The van der Waals surface area contributed by atoms with Crippen molar-refractivity contribution in [2.75, 3.05) is 43.1 Å². The molecule has 150 valence electrons. The van der Waals surface area contributed by atoms with E-state index in [0.717, 1.165) is 32.0 Å². The zero-order valence-corrected chi connectivity index (χ0v) is 16.8. The van der Waals surface area contributed by atoms with E-state index in [1.807, 2.05) is 12.1 Å². The van der Waals surface area contributed by atoms with Crippen LogP contribution < -0.4 is 15.0 Å². The summed E-state index contributed by atoms with van der Waals surface area (Å²) in [5.74, 6) is 1.54. The summed E-state index contributed by atoms with van der Waals surface area (Å²) in [6.07, 6.45) is 7.96. The molecule has 0 radical (unpaired) electrons. The molecule has 1 aliphatic carbocycles. The number of aromatic nitrogens is 2. The summed E-state index contributed by atoms with van der Waals surface area (Å²) in [5.41, 5.74) is 2.12. The maximum Gasteiger partial charge on any atom is 0.237 e. The van der Waals surface area contributed by atoms with Gasteiger partial charge in [-0.2, -0.15) is 4.98 Å². The average molecular weight is 403 g/mol. The molecule has 1 N–H and O–H groups in total. The van der Waals surface area contributed by atoms with Gasteiger partial charge in [0.2, 0.25) is 11.8 Å². The zero-order chi connectivity index (χ0) is 19.2. The molecule has 0 amide bonds. The van der Waals surface area contributed by atoms with Crippen LogP contribution >= 0.6 is 11.6 Å². The van der Waals surface area contributed by atoms with E-state index in [1.54, 1.807) is 6.20 Å². The highest BCUT2D eigenvalue weighted by Crippen LogP contribution is 2.28. The second-order valence-corrected chi connectivity index (χ2v) is 7.84. The number of hydrogen-bond donors (Lipinski definition) is 1. The van der Waals surface area contributed by atoms with Crippen LogP contribution in [0.25, 0.3) is 0 Å². The van der Waals surface area contributed by atoms with Crippen molar-refractivity contribution in [3.05, 3.63) is 35.5 Å². The molecule has 7 heteroatoms. The number of rotatable bonds is 6. The van der Waals surface area contributed by atoms with Crippen molar-refractivity contribution in [3.63, 3.8) is 0 Å². The van der Waals surface area contributed by atoms with Crippen LogP contribution in [0.2, 0.25) is 5.02 Å². The molecule has 0 spiro atoms. The lowest BCUT2D eigenvalue weighted by Crippen LogP contribution is -2.36. The first-order chi connectivity index (χ1) is 13.8. The Balaban J connectivity index is 1.37. The van der Waals surface area contributed by atoms with Crippen LogP contribution in [0.5, 0.6) is 5.88 Å². The molecule has 2 aromatic rings. The van der Waals surface area contributed by atoms with Gasteiger partial charge < -0.3 is 19.7 Å². The van der Waals surface area contributed by atoms with Gasteiger partial charge in [0.25, 0.3) is 0 Å². The molecule has 2 heterocycles. The molecule has 1 saturated carbocycles. The predicted molar refractivity (Wildman–Crippen MR) is 112 cm³/mol. The number of nitrogens with one attached hydrogen (secondary N) is 1. The number of morpholine rings is 1. The quantitative estimate of drug-likeness (QED) is 0.757. The molecule has 1 saturated heterocycles. The van der Waals surface area contributed by atoms with Crippen LogP contribution in [0.3, 0.4) is 0 Å². The molecular weight excluding hydrogens is 376 g/mol. The van der Waals surface area contributed by atoms with E-state index in [0.29, 0.717) is 29.4 Å². The van der Waals surface area contributed by atoms with E-state index in [4.69, 9.17) is 21.1 Å². The van der Waals surface area contributed by atoms with E-state index in [2.05, 4.69) is 32.3 Å². The van der Waals surface area contributed by atoms with Crippen molar-refractivity contribution >= 4 is 28.9 Å². The fraction of sp³-hybridized carbons (Fsp3) is 0.524. The summed E-state index contributed by atoms with van der Waals surface area (Å²) in [7, 11) is 0. The maximum atomic E-state index is 6.23. The van der Waals surface area contributed by atoms with Crippen molar-refractivity contribution in [3.8, 4) is 5.88 Å². The Morgan fingerprint density at radius 1 is 1.11 bits per heavy atom. The Kier molecular flexibility index (Phi) is 6.49. The molecule has 2 aliphatic rings. The van der Waals surface area contributed by atoms with Gasteiger partial charge >= 0.3 is 0 Å². The number of hydrogen-bond acceptors (Lipinski definition) is 6. The summed E-state index contributed by atoms with van der Waals surface area (Å²) in [6.45, 7) is 4.08. The molecule has 2 fully saturated rings. The summed E-state index contributed by atoms with van der Waals surface area (Å²) < 4.78 is 11.3. The van der Waals surface area contributed by atoms with Crippen LogP contribution in [0, 0.1) is 5.92 Å². The van der Waals surface area contributed by atoms with E-state index >= 15 is 0 Å². The van der Waals surface area contributed by atoms with Gasteiger partial charge in [0.1, 0.15) is 5.02 Å². The Morgan fingerprint density at radius 3 is 2.61 bits per heavy atom. The Bertz CT molecular complexity index is 760. The fourth-order valence-corrected chi connectivity index (χ4v) is 3.92. The van der Waals surface area contributed by atoms with Gasteiger partial charge in [-0.15, -0.1) is 0 Å². The van der Waals surface area contributed by atoms with Crippen LogP contribution in [-0.4, -0.2) is 42.9 Å². The van der Waals surface area contributed by atoms with Crippen LogP contribution in [0.4, 0.5) is 17.3 Å². The van der Waals surface area contributed by atoms with Crippen LogP contribution in [0.15, 0.2) is 30.5 Å². The molecule has 28 heavy (non-hydrogen) atoms. The monoisotopic (exact) mass is 402 g/mol. The first-order valence-corrected chi connectivity index (χ1v) is 10.5. The van der Waals surface area contributed by atoms with E-state index in [9.17, 15) is 0 Å². The van der Waals surface area contributed by atoms with Gasteiger partial charge in [0.05, 0.1) is 26.0 Å². The van der Waals surface area contributed by atoms with Gasteiger partial charge in [-0.1, -0.05) is 30.9 Å². The third kappa shape index (κ3) is 5.06. The van der Waals surface area contributed by atoms with Gasteiger partial charge in [-0.05, 0) is 43.0 Å². The van der Waals surface area contributed by atoms with Crippen molar-refractivity contribution in [1.29, 1.82) is 0 Å². The standard InChI is InChI=1S/C21H27ClN4O2/c22-19-14-23-21(25-20(19)28-15-16-4-2-1-3-5-16)24-17-6-8-18(9-7-17)26-10-12-27-13-11-26/h6-9,14,16H,1-5,10-13,15H2,(H,23,24,25). The Labute approximate surface area is 171 Å². The number of halogens is 1. The van der Waals surface area contributed by atoms with Crippen molar-refractivity contribution in [2.45, 2.75) is 32.1 Å².